The summed E-state index contributed by atoms with van der Waals surface area (Å²) in [7, 11) is 4.06. The molecule has 0 spiro atoms. The lowest BCUT2D eigenvalue weighted by Crippen LogP contribution is -2.36. The van der Waals surface area contributed by atoms with Gasteiger partial charge in [0.05, 0.1) is 11.2 Å². The lowest BCUT2D eigenvalue weighted by molar-refractivity contribution is 0.191. The summed E-state index contributed by atoms with van der Waals surface area (Å²) in [6, 6.07) is 1.91. The summed E-state index contributed by atoms with van der Waals surface area (Å²) in [4.78, 5) is 9.97. The van der Waals surface area contributed by atoms with E-state index in [0.717, 1.165) is 5.69 Å². The molecule has 0 saturated carbocycles. The number of rotatable bonds is 2. The molecule has 0 aliphatic carbocycles. The van der Waals surface area contributed by atoms with Crippen molar-refractivity contribution < 1.29 is 0 Å². The van der Waals surface area contributed by atoms with Gasteiger partial charge >= 0.3 is 0 Å². The first kappa shape index (κ1) is 9.13. The molecule has 1 rings (SSSR count). The number of aromatic nitrogens is 2. The van der Waals surface area contributed by atoms with E-state index in [1.807, 2.05) is 20.2 Å². The Balaban J connectivity index is 2.98. The van der Waals surface area contributed by atoms with E-state index in [9.17, 15) is 0 Å². The van der Waals surface area contributed by atoms with Crippen LogP contribution in [0.15, 0.2) is 12.3 Å². The van der Waals surface area contributed by atoms with Gasteiger partial charge in [-0.2, -0.15) is 0 Å². The standard InChI is InChI=1S/C9H14N3/c1-9(2,12(3)4)8-5-6-10-7-11-8/h5-6H,1-4H3. The van der Waals surface area contributed by atoms with Gasteiger partial charge in [-0.3, -0.25) is 4.90 Å². The van der Waals surface area contributed by atoms with Crippen molar-refractivity contribution in [3.8, 4) is 0 Å². The van der Waals surface area contributed by atoms with E-state index in [-0.39, 0.29) is 5.54 Å². The van der Waals surface area contributed by atoms with E-state index in [1.54, 1.807) is 6.20 Å². The van der Waals surface area contributed by atoms with E-state index in [0.29, 0.717) is 0 Å². The van der Waals surface area contributed by atoms with Gasteiger partial charge < -0.3 is 0 Å². The minimum absolute atomic E-state index is 0.0561. The molecule has 0 amide bonds. The molecule has 0 unspecified atom stereocenters. The Morgan fingerprint density at radius 2 is 2.08 bits per heavy atom. The van der Waals surface area contributed by atoms with Crippen LogP contribution >= 0.6 is 0 Å². The Morgan fingerprint density at radius 1 is 1.42 bits per heavy atom. The molecule has 1 radical (unpaired) electrons. The third-order valence-corrected chi connectivity index (χ3v) is 2.28. The van der Waals surface area contributed by atoms with Crippen molar-refractivity contribution in [2.24, 2.45) is 0 Å². The quantitative estimate of drug-likeness (QED) is 0.654. The number of hydrogen-bond donors (Lipinski definition) is 0. The van der Waals surface area contributed by atoms with Crippen molar-refractivity contribution in [1.29, 1.82) is 0 Å². The van der Waals surface area contributed by atoms with Crippen LogP contribution in [0.1, 0.15) is 19.5 Å². The summed E-state index contributed by atoms with van der Waals surface area (Å²) in [5.41, 5.74) is 0.932. The van der Waals surface area contributed by atoms with Crippen LogP contribution in [0.25, 0.3) is 0 Å². The molecule has 0 saturated heterocycles. The second kappa shape index (κ2) is 3.19. The Labute approximate surface area is 73.5 Å². The van der Waals surface area contributed by atoms with Crippen molar-refractivity contribution in [3.05, 3.63) is 24.3 Å². The lowest BCUT2D eigenvalue weighted by atomic mass is 9.99. The van der Waals surface area contributed by atoms with Crippen molar-refractivity contribution >= 4 is 0 Å². The Kier molecular flexibility index (Phi) is 2.43. The first-order chi connectivity index (χ1) is 5.55. The van der Waals surface area contributed by atoms with Gasteiger partial charge in [-0.25, -0.2) is 9.97 Å². The summed E-state index contributed by atoms with van der Waals surface area (Å²) in [5, 5.41) is 0. The van der Waals surface area contributed by atoms with Gasteiger partial charge in [0.15, 0.2) is 6.33 Å². The summed E-state index contributed by atoms with van der Waals surface area (Å²) in [6.45, 7) is 4.23. The maximum Gasteiger partial charge on any atom is 0.198 e. The van der Waals surface area contributed by atoms with Crippen LogP contribution in [0.2, 0.25) is 0 Å². The molecular weight excluding hydrogens is 150 g/mol. The highest BCUT2D eigenvalue weighted by Gasteiger charge is 2.23. The zero-order valence-corrected chi connectivity index (χ0v) is 8.00. The average molecular weight is 164 g/mol. The Hall–Kier alpha value is -0.960. The topological polar surface area (TPSA) is 29.0 Å². The maximum absolute atomic E-state index is 4.09. The fourth-order valence-corrected chi connectivity index (χ4v) is 0.831. The molecular formula is C9H14N3. The molecule has 1 heterocycles. The maximum atomic E-state index is 4.09. The van der Waals surface area contributed by atoms with Gasteiger partial charge in [-0.05, 0) is 34.0 Å². The first-order valence-electron chi connectivity index (χ1n) is 3.92. The van der Waals surface area contributed by atoms with Crippen LogP contribution < -0.4 is 0 Å². The fourth-order valence-electron chi connectivity index (χ4n) is 0.831. The first-order valence-corrected chi connectivity index (χ1v) is 3.92. The van der Waals surface area contributed by atoms with Gasteiger partial charge in [0.25, 0.3) is 0 Å². The van der Waals surface area contributed by atoms with Crippen molar-refractivity contribution in [2.45, 2.75) is 19.4 Å². The van der Waals surface area contributed by atoms with E-state index < -0.39 is 0 Å². The highest BCUT2D eigenvalue weighted by Crippen LogP contribution is 2.21. The zero-order valence-electron chi connectivity index (χ0n) is 8.00. The Bertz CT molecular complexity index is 241. The minimum atomic E-state index is -0.0561. The molecule has 12 heavy (non-hydrogen) atoms. The monoisotopic (exact) mass is 164 g/mol. The summed E-state index contributed by atoms with van der Waals surface area (Å²) >= 11 is 0. The zero-order chi connectivity index (χ0) is 9.19. The molecule has 3 heteroatoms. The number of nitrogens with zero attached hydrogens (tertiary/aromatic N) is 3. The van der Waals surface area contributed by atoms with E-state index in [1.165, 1.54) is 0 Å². The van der Waals surface area contributed by atoms with Crippen LogP contribution in [0.4, 0.5) is 0 Å². The molecule has 0 N–H and O–H groups in total. The third kappa shape index (κ3) is 1.61. The second-order valence-electron chi connectivity index (χ2n) is 3.50. The number of hydrogen-bond acceptors (Lipinski definition) is 3. The Morgan fingerprint density at radius 3 is 2.50 bits per heavy atom. The van der Waals surface area contributed by atoms with Gasteiger partial charge in [-0.1, -0.05) is 0 Å². The van der Waals surface area contributed by atoms with E-state index in [2.05, 4.69) is 35.0 Å². The highest BCUT2D eigenvalue weighted by molar-refractivity contribution is 5.09. The van der Waals surface area contributed by atoms with E-state index >= 15 is 0 Å². The van der Waals surface area contributed by atoms with Crippen LogP contribution in [0.3, 0.4) is 0 Å². The second-order valence-corrected chi connectivity index (χ2v) is 3.50. The molecule has 0 fully saturated rings. The SMILES string of the molecule is CN(C)C(C)(C)c1ccn[c]n1. The lowest BCUT2D eigenvalue weighted by Gasteiger charge is -2.31. The van der Waals surface area contributed by atoms with Crippen molar-refractivity contribution in [1.82, 2.24) is 14.9 Å². The molecule has 3 nitrogen and oxygen atoms in total. The van der Waals surface area contributed by atoms with Crippen LogP contribution in [0, 0.1) is 6.33 Å². The molecule has 0 aliphatic rings. The smallest absolute Gasteiger partial charge is 0.198 e. The minimum Gasteiger partial charge on any atom is -0.299 e. The third-order valence-electron chi connectivity index (χ3n) is 2.28. The molecule has 0 aliphatic heterocycles. The predicted molar refractivity (Wildman–Crippen MR) is 47.6 cm³/mol. The summed E-state index contributed by atoms with van der Waals surface area (Å²) in [5.74, 6) is 0. The molecule has 1 aromatic heterocycles. The fraction of sp³-hybridized carbons (Fsp3) is 0.556. The normalized spacial score (nSPS) is 12.1. The molecule has 0 bridgehead atoms. The molecule has 1 aromatic rings. The molecule has 0 atom stereocenters. The van der Waals surface area contributed by atoms with Gasteiger partial charge in [0.1, 0.15) is 0 Å². The van der Waals surface area contributed by atoms with Crippen molar-refractivity contribution in [3.63, 3.8) is 0 Å². The van der Waals surface area contributed by atoms with Crippen LogP contribution in [-0.4, -0.2) is 29.0 Å². The van der Waals surface area contributed by atoms with Gasteiger partial charge in [-0.15, -0.1) is 0 Å². The van der Waals surface area contributed by atoms with Gasteiger partial charge in [0, 0.05) is 6.20 Å². The highest BCUT2D eigenvalue weighted by atomic mass is 15.1. The summed E-state index contributed by atoms with van der Waals surface area (Å²) in [6.07, 6.45) is 4.31. The van der Waals surface area contributed by atoms with Gasteiger partial charge in [0.2, 0.25) is 0 Å². The average Bonchev–Trinajstić information content (AvgIpc) is 2.06. The van der Waals surface area contributed by atoms with Crippen LogP contribution in [0.5, 0.6) is 0 Å². The molecule has 65 valence electrons. The van der Waals surface area contributed by atoms with Crippen LogP contribution in [-0.2, 0) is 5.54 Å². The largest absolute Gasteiger partial charge is 0.299 e. The molecule has 0 aromatic carbocycles. The van der Waals surface area contributed by atoms with E-state index in [4.69, 9.17) is 0 Å². The van der Waals surface area contributed by atoms with Crippen molar-refractivity contribution in [2.75, 3.05) is 14.1 Å². The summed E-state index contributed by atoms with van der Waals surface area (Å²) < 4.78 is 0. The predicted octanol–water partition coefficient (Wildman–Crippen LogP) is 1.07.